The second-order valence-corrected chi connectivity index (χ2v) is 4.76. The number of aryl methyl sites for hydroxylation is 1. The molecule has 1 unspecified atom stereocenters. The molecular weight excluding hydrogens is 245 g/mol. The first-order valence-electron chi connectivity index (χ1n) is 6.12. The number of oxazole rings is 1. The number of hydrogen-bond donors (Lipinski definition) is 1. The molecule has 1 aliphatic rings. The molecule has 5 heteroatoms. The van der Waals surface area contributed by atoms with Crippen LogP contribution < -0.4 is 0 Å². The van der Waals surface area contributed by atoms with Crippen LogP contribution in [-0.4, -0.2) is 15.7 Å². The van der Waals surface area contributed by atoms with Crippen molar-refractivity contribution in [1.82, 2.24) is 9.88 Å². The first kappa shape index (κ1) is 11.9. The molecule has 1 N–H and O–H groups in total. The lowest BCUT2D eigenvalue weighted by atomic mass is 10.1. The van der Waals surface area contributed by atoms with Crippen molar-refractivity contribution in [3.63, 3.8) is 0 Å². The van der Waals surface area contributed by atoms with Crippen LogP contribution in [0, 0.1) is 18.2 Å². The minimum atomic E-state index is -0.315. The van der Waals surface area contributed by atoms with E-state index in [4.69, 9.17) is 9.83 Å². The highest BCUT2D eigenvalue weighted by Crippen LogP contribution is 2.31. The molecule has 0 saturated heterocycles. The number of rotatable bonds is 2. The van der Waals surface area contributed by atoms with Crippen LogP contribution in [0.3, 0.4) is 0 Å². The van der Waals surface area contributed by atoms with Crippen molar-refractivity contribution in [1.29, 1.82) is 5.41 Å². The number of halogens is 1. The molecule has 98 valence electrons. The lowest BCUT2D eigenvalue weighted by Crippen LogP contribution is -2.27. The van der Waals surface area contributed by atoms with Crippen molar-refractivity contribution in [3.05, 3.63) is 53.0 Å². The predicted molar refractivity (Wildman–Crippen MR) is 68.4 cm³/mol. The summed E-state index contributed by atoms with van der Waals surface area (Å²) >= 11 is 0. The van der Waals surface area contributed by atoms with Crippen molar-refractivity contribution in [2.45, 2.75) is 26.4 Å². The maximum Gasteiger partial charge on any atom is 0.216 e. The average molecular weight is 259 g/mol. The molecule has 0 amide bonds. The van der Waals surface area contributed by atoms with Gasteiger partial charge in [0.25, 0.3) is 0 Å². The first-order valence-corrected chi connectivity index (χ1v) is 6.12. The van der Waals surface area contributed by atoms with Crippen molar-refractivity contribution >= 4 is 5.84 Å². The van der Waals surface area contributed by atoms with Gasteiger partial charge in [-0.25, -0.2) is 9.37 Å². The van der Waals surface area contributed by atoms with E-state index in [9.17, 15) is 4.39 Å². The molecule has 3 rings (SSSR count). The number of nitrogens with zero attached hydrogens (tertiary/aromatic N) is 2. The summed E-state index contributed by atoms with van der Waals surface area (Å²) in [7, 11) is 0. The van der Waals surface area contributed by atoms with Gasteiger partial charge in [0, 0.05) is 12.1 Å². The van der Waals surface area contributed by atoms with Gasteiger partial charge in [-0.2, -0.15) is 0 Å². The molecular formula is C14H14FN3O. The topological polar surface area (TPSA) is 53.1 Å². The fourth-order valence-corrected chi connectivity index (χ4v) is 2.35. The zero-order valence-corrected chi connectivity index (χ0v) is 10.8. The van der Waals surface area contributed by atoms with Crippen LogP contribution in [-0.2, 0) is 6.54 Å². The third kappa shape index (κ3) is 1.91. The van der Waals surface area contributed by atoms with Gasteiger partial charge in [0.1, 0.15) is 23.5 Å². The van der Waals surface area contributed by atoms with E-state index in [0.717, 1.165) is 11.3 Å². The van der Waals surface area contributed by atoms with Crippen molar-refractivity contribution in [3.8, 4) is 0 Å². The Labute approximate surface area is 110 Å². The Kier molecular flexibility index (Phi) is 2.62. The van der Waals surface area contributed by atoms with Crippen molar-refractivity contribution in [2.24, 2.45) is 0 Å². The molecule has 0 fully saturated rings. The van der Waals surface area contributed by atoms with E-state index in [1.807, 2.05) is 18.7 Å². The second-order valence-electron chi connectivity index (χ2n) is 4.76. The van der Waals surface area contributed by atoms with E-state index < -0.39 is 0 Å². The monoisotopic (exact) mass is 259 g/mol. The molecule has 1 aromatic carbocycles. The Morgan fingerprint density at radius 3 is 2.95 bits per heavy atom. The lowest BCUT2D eigenvalue weighted by molar-refractivity contribution is 0.282. The fourth-order valence-electron chi connectivity index (χ4n) is 2.35. The molecule has 0 aliphatic carbocycles. The van der Waals surface area contributed by atoms with Gasteiger partial charge in [0.05, 0.1) is 6.20 Å². The van der Waals surface area contributed by atoms with E-state index in [1.54, 1.807) is 12.3 Å². The Balaban J connectivity index is 1.91. The summed E-state index contributed by atoms with van der Waals surface area (Å²) in [5, 5.41) is 8.16. The normalized spacial score (nSPS) is 15.7. The summed E-state index contributed by atoms with van der Waals surface area (Å²) in [4.78, 5) is 6.05. The van der Waals surface area contributed by atoms with Crippen molar-refractivity contribution < 1.29 is 8.81 Å². The van der Waals surface area contributed by atoms with E-state index in [1.165, 1.54) is 12.1 Å². The van der Waals surface area contributed by atoms with Crippen LogP contribution in [0.5, 0.6) is 0 Å². The maximum absolute atomic E-state index is 13.2. The molecule has 0 radical (unpaired) electrons. The second kappa shape index (κ2) is 4.19. The summed E-state index contributed by atoms with van der Waals surface area (Å²) in [6.45, 7) is 4.35. The quantitative estimate of drug-likeness (QED) is 0.901. The highest BCUT2D eigenvalue weighted by atomic mass is 19.1. The summed E-state index contributed by atoms with van der Waals surface area (Å²) in [6, 6.07) is 4.42. The molecule has 1 aromatic heterocycles. The molecule has 2 aromatic rings. The standard InChI is InChI=1S/C14H14FN3O/c1-8-6-17-14(19-8)9(2)18-7-10-3-4-11(15)5-12(10)13(18)16/h3-6,9,16H,7H2,1-2H3. The number of aromatic nitrogens is 1. The van der Waals surface area contributed by atoms with E-state index in [-0.39, 0.29) is 11.9 Å². The van der Waals surface area contributed by atoms with Crippen molar-refractivity contribution in [2.75, 3.05) is 0 Å². The number of benzene rings is 1. The average Bonchev–Trinajstić information content (AvgIpc) is 2.94. The van der Waals surface area contributed by atoms with Crippen LogP contribution in [0.15, 0.2) is 28.8 Å². The van der Waals surface area contributed by atoms with Crippen LogP contribution in [0.25, 0.3) is 0 Å². The predicted octanol–water partition coefficient (Wildman–Crippen LogP) is 3.02. The first-order chi connectivity index (χ1) is 9.06. The molecule has 1 aliphatic heterocycles. The molecule has 1 atom stereocenters. The van der Waals surface area contributed by atoms with Gasteiger partial charge in [0.15, 0.2) is 0 Å². The zero-order chi connectivity index (χ0) is 13.6. The van der Waals surface area contributed by atoms with Crippen LogP contribution in [0.1, 0.15) is 35.7 Å². The van der Waals surface area contributed by atoms with Crippen LogP contribution in [0.2, 0.25) is 0 Å². The Morgan fingerprint density at radius 2 is 2.26 bits per heavy atom. The lowest BCUT2D eigenvalue weighted by Gasteiger charge is -2.23. The minimum Gasteiger partial charge on any atom is -0.444 e. The highest BCUT2D eigenvalue weighted by Gasteiger charge is 2.30. The number of amidine groups is 1. The van der Waals surface area contributed by atoms with Gasteiger partial charge < -0.3 is 9.32 Å². The summed E-state index contributed by atoms with van der Waals surface area (Å²) in [5.41, 5.74) is 1.61. The van der Waals surface area contributed by atoms with Gasteiger partial charge in [-0.15, -0.1) is 0 Å². The molecule has 0 spiro atoms. The number of fused-ring (bicyclic) bond motifs is 1. The zero-order valence-electron chi connectivity index (χ0n) is 10.8. The maximum atomic E-state index is 13.2. The summed E-state index contributed by atoms with van der Waals surface area (Å²) < 4.78 is 18.7. The van der Waals surface area contributed by atoms with E-state index in [0.29, 0.717) is 23.8 Å². The summed E-state index contributed by atoms with van der Waals surface area (Å²) in [6.07, 6.45) is 1.67. The third-order valence-corrected chi connectivity index (χ3v) is 3.42. The molecule has 2 heterocycles. The summed E-state index contributed by atoms with van der Waals surface area (Å²) in [5.74, 6) is 1.33. The number of hydrogen-bond acceptors (Lipinski definition) is 3. The Bertz CT molecular complexity index is 650. The van der Waals surface area contributed by atoms with Crippen LogP contribution in [0.4, 0.5) is 4.39 Å². The third-order valence-electron chi connectivity index (χ3n) is 3.42. The Morgan fingerprint density at radius 1 is 1.47 bits per heavy atom. The van der Waals surface area contributed by atoms with E-state index in [2.05, 4.69) is 4.98 Å². The minimum absolute atomic E-state index is 0.142. The van der Waals surface area contributed by atoms with Gasteiger partial charge in [-0.05, 0) is 31.5 Å². The molecule has 0 bridgehead atoms. The molecule has 4 nitrogen and oxygen atoms in total. The van der Waals surface area contributed by atoms with E-state index >= 15 is 0 Å². The smallest absolute Gasteiger partial charge is 0.216 e. The fraction of sp³-hybridized carbons (Fsp3) is 0.286. The van der Waals surface area contributed by atoms with Gasteiger partial charge in [-0.1, -0.05) is 6.07 Å². The van der Waals surface area contributed by atoms with Gasteiger partial charge in [0.2, 0.25) is 5.89 Å². The SMILES string of the molecule is Cc1cnc(C(C)N2Cc3ccc(F)cc3C2=N)o1. The highest BCUT2D eigenvalue weighted by molar-refractivity contribution is 6.00. The largest absolute Gasteiger partial charge is 0.444 e. The molecule has 0 saturated carbocycles. The van der Waals surface area contributed by atoms with Gasteiger partial charge in [-0.3, -0.25) is 5.41 Å². The Hall–Kier alpha value is -2.17. The van der Waals surface area contributed by atoms with Crippen LogP contribution >= 0.6 is 0 Å². The number of nitrogens with one attached hydrogen (secondary N) is 1. The van der Waals surface area contributed by atoms with Gasteiger partial charge >= 0.3 is 0 Å². The molecule has 19 heavy (non-hydrogen) atoms.